The molecule has 1 aromatic carbocycles. The Hall–Kier alpha value is -2.25. The van der Waals surface area contributed by atoms with Crippen molar-refractivity contribution in [1.82, 2.24) is 14.8 Å². The molecule has 1 saturated heterocycles. The smallest absolute Gasteiger partial charge is 0.253 e. The molecule has 22 heavy (non-hydrogen) atoms. The van der Waals surface area contributed by atoms with Crippen LogP contribution in [0.1, 0.15) is 18.4 Å². The summed E-state index contributed by atoms with van der Waals surface area (Å²) in [5.41, 5.74) is 7.31. The van der Waals surface area contributed by atoms with Crippen LogP contribution in [0.3, 0.4) is 0 Å². The summed E-state index contributed by atoms with van der Waals surface area (Å²) in [5, 5.41) is 7.03. The molecule has 0 unspecified atom stereocenters. The van der Waals surface area contributed by atoms with Crippen molar-refractivity contribution in [3.63, 3.8) is 0 Å². The minimum absolute atomic E-state index is 0.0128. The Morgan fingerprint density at radius 3 is 3.00 bits per heavy atom. The molecule has 0 spiro atoms. The molecule has 0 aliphatic carbocycles. The molecule has 1 amide bonds. The summed E-state index contributed by atoms with van der Waals surface area (Å²) in [6, 6.07) is 7.64. The Morgan fingerprint density at radius 2 is 2.27 bits per heavy atom. The number of rotatable bonds is 5. The first-order valence-electron chi connectivity index (χ1n) is 7.33. The Labute approximate surface area is 128 Å². The standard InChI is InChI=1S/C15H19N5O2/c16-7-12-5-6-14(22-12)15(21)19-13-4-2-1-3-11(13)8-20-10-17-9-18-20/h1-4,9-10,12,14H,5-8,16H2,(H,19,21)/t12-,14+/m1/s1. The summed E-state index contributed by atoms with van der Waals surface area (Å²) in [5.74, 6) is -0.123. The molecule has 0 saturated carbocycles. The number of amides is 1. The van der Waals surface area contributed by atoms with Gasteiger partial charge in [0.25, 0.3) is 5.91 Å². The second kappa shape index (κ2) is 6.67. The van der Waals surface area contributed by atoms with E-state index in [1.807, 2.05) is 24.3 Å². The van der Waals surface area contributed by atoms with Crippen LogP contribution in [-0.2, 0) is 16.1 Å². The highest BCUT2D eigenvalue weighted by Crippen LogP contribution is 2.22. The Morgan fingerprint density at radius 1 is 1.41 bits per heavy atom. The molecule has 3 N–H and O–H groups in total. The number of hydrogen-bond donors (Lipinski definition) is 2. The highest BCUT2D eigenvalue weighted by molar-refractivity contribution is 5.95. The van der Waals surface area contributed by atoms with Gasteiger partial charge in [0.05, 0.1) is 12.6 Å². The van der Waals surface area contributed by atoms with Crippen LogP contribution in [0.25, 0.3) is 0 Å². The molecular weight excluding hydrogens is 282 g/mol. The second-order valence-electron chi connectivity index (χ2n) is 5.30. The fourth-order valence-corrected chi connectivity index (χ4v) is 2.55. The number of hydrogen-bond acceptors (Lipinski definition) is 5. The maximum absolute atomic E-state index is 12.3. The lowest BCUT2D eigenvalue weighted by Gasteiger charge is -2.15. The van der Waals surface area contributed by atoms with E-state index in [-0.39, 0.29) is 12.0 Å². The molecule has 2 aromatic rings. The number of ether oxygens (including phenoxy) is 1. The van der Waals surface area contributed by atoms with Crippen molar-refractivity contribution in [2.75, 3.05) is 11.9 Å². The molecule has 1 aromatic heterocycles. The fourth-order valence-electron chi connectivity index (χ4n) is 2.55. The van der Waals surface area contributed by atoms with Gasteiger partial charge in [-0.1, -0.05) is 18.2 Å². The van der Waals surface area contributed by atoms with Crippen molar-refractivity contribution < 1.29 is 9.53 Å². The van der Waals surface area contributed by atoms with Crippen LogP contribution in [0, 0.1) is 0 Å². The van der Waals surface area contributed by atoms with E-state index in [1.54, 1.807) is 11.0 Å². The van der Waals surface area contributed by atoms with E-state index in [0.29, 0.717) is 19.5 Å². The normalized spacial score (nSPS) is 21.0. The van der Waals surface area contributed by atoms with Gasteiger partial charge in [0.15, 0.2) is 0 Å². The van der Waals surface area contributed by atoms with Gasteiger partial charge in [-0.25, -0.2) is 9.67 Å². The van der Waals surface area contributed by atoms with E-state index in [4.69, 9.17) is 10.5 Å². The summed E-state index contributed by atoms with van der Waals surface area (Å²) in [7, 11) is 0. The van der Waals surface area contributed by atoms with E-state index in [2.05, 4.69) is 15.4 Å². The number of nitrogens with zero attached hydrogens (tertiary/aromatic N) is 3. The van der Waals surface area contributed by atoms with Gasteiger partial charge in [-0.05, 0) is 24.5 Å². The zero-order valence-electron chi connectivity index (χ0n) is 12.2. The van der Waals surface area contributed by atoms with Crippen LogP contribution in [0.5, 0.6) is 0 Å². The van der Waals surface area contributed by atoms with Crippen molar-refractivity contribution in [3.05, 3.63) is 42.5 Å². The average Bonchev–Trinajstić information content (AvgIpc) is 3.20. The zero-order chi connectivity index (χ0) is 15.4. The van der Waals surface area contributed by atoms with E-state index in [0.717, 1.165) is 17.7 Å². The molecular formula is C15H19N5O2. The number of nitrogens with two attached hydrogens (primary N) is 1. The molecule has 0 radical (unpaired) electrons. The van der Waals surface area contributed by atoms with E-state index >= 15 is 0 Å². The largest absolute Gasteiger partial charge is 0.364 e. The van der Waals surface area contributed by atoms with Gasteiger partial charge < -0.3 is 15.8 Å². The summed E-state index contributed by atoms with van der Waals surface area (Å²) < 4.78 is 7.34. The molecule has 2 atom stereocenters. The maximum atomic E-state index is 12.3. The summed E-state index contributed by atoms with van der Waals surface area (Å²) >= 11 is 0. The van der Waals surface area contributed by atoms with Crippen LogP contribution >= 0.6 is 0 Å². The van der Waals surface area contributed by atoms with Gasteiger partial charge in [0.2, 0.25) is 0 Å². The van der Waals surface area contributed by atoms with E-state index in [1.165, 1.54) is 6.33 Å². The summed E-state index contributed by atoms with van der Waals surface area (Å²) in [6.45, 7) is 1.00. The lowest BCUT2D eigenvalue weighted by Crippen LogP contribution is -2.30. The van der Waals surface area contributed by atoms with E-state index in [9.17, 15) is 4.79 Å². The zero-order valence-corrected chi connectivity index (χ0v) is 12.2. The van der Waals surface area contributed by atoms with Gasteiger partial charge in [-0.2, -0.15) is 5.10 Å². The van der Waals surface area contributed by atoms with Gasteiger partial charge in [0.1, 0.15) is 18.8 Å². The van der Waals surface area contributed by atoms with Crippen LogP contribution in [0.4, 0.5) is 5.69 Å². The van der Waals surface area contributed by atoms with Gasteiger partial charge in [-0.15, -0.1) is 0 Å². The molecule has 3 rings (SSSR count). The first kappa shape index (κ1) is 14.7. The molecule has 1 aliphatic rings. The van der Waals surface area contributed by atoms with Crippen LogP contribution < -0.4 is 11.1 Å². The number of carbonyl (C=O) groups is 1. The fraction of sp³-hybridized carbons (Fsp3) is 0.400. The third-order valence-corrected chi connectivity index (χ3v) is 3.74. The first-order valence-corrected chi connectivity index (χ1v) is 7.33. The quantitative estimate of drug-likeness (QED) is 0.850. The minimum Gasteiger partial charge on any atom is -0.364 e. The number of benzene rings is 1. The highest BCUT2D eigenvalue weighted by Gasteiger charge is 2.30. The Kier molecular flexibility index (Phi) is 4.45. The SMILES string of the molecule is NC[C@H]1CC[C@@H](C(=O)Nc2ccccc2Cn2cncn2)O1. The molecule has 7 nitrogen and oxygen atoms in total. The summed E-state index contributed by atoms with van der Waals surface area (Å²) in [4.78, 5) is 16.2. The van der Waals surface area contributed by atoms with E-state index < -0.39 is 6.10 Å². The minimum atomic E-state index is -0.423. The van der Waals surface area contributed by atoms with Gasteiger partial charge in [0, 0.05) is 12.2 Å². The van der Waals surface area contributed by atoms with Gasteiger partial charge in [-0.3, -0.25) is 4.79 Å². The molecule has 2 heterocycles. The number of aromatic nitrogens is 3. The topological polar surface area (TPSA) is 95.1 Å². The monoisotopic (exact) mass is 301 g/mol. The third kappa shape index (κ3) is 3.32. The predicted molar refractivity (Wildman–Crippen MR) is 81.1 cm³/mol. The number of nitrogens with one attached hydrogen (secondary N) is 1. The first-order chi connectivity index (χ1) is 10.8. The highest BCUT2D eigenvalue weighted by atomic mass is 16.5. The number of carbonyl (C=O) groups excluding carboxylic acids is 1. The summed E-state index contributed by atoms with van der Waals surface area (Å²) in [6.07, 6.45) is 4.23. The van der Waals surface area contributed by atoms with Crippen LogP contribution in [0.15, 0.2) is 36.9 Å². The maximum Gasteiger partial charge on any atom is 0.253 e. The third-order valence-electron chi connectivity index (χ3n) is 3.74. The van der Waals surface area contributed by atoms with Crippen molar-refractivity contribution >= 4 is 11.6 Å². The lowest BCUT2D eigenvalue weighted by atomic mass is 10.1. The van der Waals surface area contributed by atoms with Crippen molar-refractivity contribution in [3.8, 4) is 0 Å². The lowest BCUT2D eigenvalue weighted by molar-refractivity contribution is -0.126. The average molecular weight is 301 g/mol. The second-order valence-corrected chi connectivity index (χ2v) is 5.30. The number of para-hydroxylation sites is 1. The Bertz CT molecular complexity index is 629. The van der Waals surface area contributed by atoms with Crippen molar-refractivity contribution in [2.24, 2.45) is 5.73 Å². The molecule has 1 aliphatic heterocycles. The molecule has 116 valence electrons. The Balaban J connectivity index is 1.68. The van der Waals surface area contributed by atoms with Crippen LogP contribution in [0.2, 0.25) is 0 Å². The molecule has 7 heteroatoms. The van der Waals surface area contributed by atoms with Crippen LogP contribution in [-0.4, -0.2) is 39.4 Å². The van der Waals surface area contributed by atoms with Crippen molar-refractivity contribution in [1.29, 1.82) is 0 Å². The predicted octanol–water partition coefficient (Wildman–Crippen LogP) is 0.771. The molecule has 1 fully saturated rings. The van der Waals surface area contributed by atoms with Gasteiger partial charge >= 0.3 is 0 Å². The number of anilines is 1. The molecule has 0 bridgehead atoms. The van der Waals surface area contributed by atoms with Crippen molar-refractivity contribution in [2.45, 2.75) is 31.6 Å².